The van der Waals surface area contributed by atoms with E-state index in [0.29, 0.717) is 31.9 Å². The maximum Gasteiger partial charge on any atom is 0.270 e. The summed E-state index contributed by atoms with van der Waals surface area (Å²) in [7, 11) is 0. The summed E-state index contributed by atoms with van der Waals surface area (Å²) >= 11 is 6.11. The topological polar surface area (TPSA) is 59.7 Å². The van der Waals surface area contributed by atoms with Crippen molar-refractivity contribution in [2.24, 2.45) is 5.92 Å². The highest BCUT2D eigenvalue weighted by atomic mass is 35.5. The maximum absolute atomic E-state index is 13.2. The van der Waals surface area contributed by atoms with E-state index in [2.05, 4.69) is 16.0 Å². The second kappa shape index (κ2) is 8.72. The Hall–Kier alpha value is -2.47. The predicted octanol–water partition coefficient (Wildman–Crippen LogP) is 3.49. The van der Waals surface area contributed by atoms with Crippen LogP contribution in [0.25, 0.3) is 0 Å². The van der Waals surface area contributed by atoms with Crippen molar-refractivity contribution in [3.8, 4) is 0 Å². The standard InChI is InChI=1S/C23H29ClN4O2/c1-16-13-17(2)25-21(16)23(30)28-8-4-5-18(15-28)22(29)27-11-9-26(10-12-27)20-7-3-6-19(24)14-20/h3,6-7,13-14,18,25H,4-5,8-12,15H2,1-2H3/t18-/m0/s1. The second-order valence-corrected chi connectivity index (χ2v) is 8.83. The molecule has 1 aromatic heterocycles. The van der Waals surface area contributed by atoms with Gasteiger partial charge in [0.25, 0.3) is 5.91 Å². The van der Waals surface area contributed by atoms with Crippen LogP contribution < -0.4 is 4.90 Å². The number of aromatic nitrogens is 1. The molecule has 0 spiro atoms. The molecule has 0 aliphatic carbocycles. The Kier molecular flexibility index (Phi) is 6.04. The molecule has 1 N–H and O–H groups in total. The van der Waals surface area contributed by atoms with Crippen LogP contribution in [0, 0.1) is 19.8 Å². The van der Waals surface area contributed by atoms with Crippen LogP contribution in [0.15, 0.2) is 30.3 Å². The lowest BCUT2D eigenvalue weighted by Crippen LogP contribution is -2.53. The molecule has 2 saturated heterocycles. The van der Waals surface area contributed by atoms with E-state index in [1.807, 2.05) is 47.9 Å². The van der Waals surface area contributed by atoms with Gasteiger partial charge < -0.3 is 19.7 Å². The fraction of sp³-hybridized carbons (Fsp3) is 0.478. The first-order valence-electron chi connectivity index (χ1n) is 10.7. The SMILES string of the molecule is Cc1cc(C)c(C(=O)N2CCC[C@H](C(=O)N3CCN(c4cccc(Cl)c4)CC3)C2)[nH]1. The molecule has 3 heterocycles. The van der Waals surface area contributed by atoms with Crippen molar-refractivity contribution in [1.29, 1.82) is 0 Å². The molecular formula is C23H29ClN4O2. The Bertz CT molecular complexity index is 933. The van der Waals surface area contributed by atoms with E-state index >= 15 is 0 Å². The van der Waals surface area contributed by atoms with E-state index in [1.165, 1.54) is 0 Å². The molecule has 0 unspecified atom stereocenters. The minimum Gasteiger partial charge on any atom is -0.368 e. The minimum absolute atomic E-state index is 0.00359. The number of carbonyl (C=O) groups is 2. The Morgan fingerprint density at radius 3 is 2.47 bits per heavy atom. The first-order valence-corrected chi connectivity index (χ1v) is 11.0. The summed E-state index contributed by atoms with van der Waals surface area (Å²) in [5.41, 5.74) is 3.69. The molecule has 7 heteroatoms. The number of likely N-dealkylation sites (tertiary alicyclic amines) is 1. The number of nitrogens with zero attached hydrogens (tertiary/aromatic N) is 3. The van der Waals surface area contributed by atoms with Gasteiger partial charge in [0.05, 0.1) is 5.92 Å². The second-order valence-electron chi connectivity index (χ2n) is 8.39. The van der Waals surface area contributed by atoms with Crippen LogP contribution in [0.1, 0.15) is 34.6 Å². The largest absolute Gasteiger partial charge is 0.368 e. The average Bonchev–Trinajstić information content (AvgIpc) is 3.10. The molecular weight excluding hydrogens is 400 g/mol. The lowest BCUT2D eigenvalue weighted by molar-refractivity contribution is -0.137. The van der Waals surface area contributed by atoms with E-state index in [9.17, 15) is 9.59 Å². The first-order chi connectivity index (χ1) is 14.4. The summed E-state index contributed by atoms with van der Waals surface area (Å²) in [5, 5.41) is 0.727. The highest BCUT2D eigenvalue weighted by molar-refractivity contribution is 6.30. The van der Waals surface area contributed by atoms with Crippen molar-refractivity contribution < 1.29 is 9.59 Å². The molecule has 0 radical (unpaired) electrons. The number of carbonyl (C=O) groups excluding carboxylic acids is 2. The normalized spacial score (nSPS) is 19.8. The number of aromatic amines is 1. The van der Waals surface area contributed by atoms with Crippen LogP contribution in [0.4, 0.5) is 5.69 Å². The molecule has 2 aliphatic rings. The van der Waals surface area contributed by atoms with E-state index in [4.69, 9.17) is 11.6 Å². The third-order valence-electron chi connectivity index (χ3n) is 6.19. The molecule has 4 rings (SSSR count). The fourth-order valence-corrected chi connectivity index (χ4v) is 4.77. The summed E-state index contributed by atoms with van der Waals surface area (Å²) in [5.74, 6) is 0.0679. The minimum atomic E-state index is -0.114. The van der Waals surface area contributed by atoms with Crippen LogP contribution in [0.3, 0.4) is 0 Å². The number of halogens is 1. The van der Waals surface area contributed by atoms with Gasteiger partial charge in [0, 0.05) is 55.7 Å². The van der Waals surface area contributed by atoms with Crippen molar-refractivity contribution in [3.63, 3.8) is 0 Å². The zero-order valence-corrected chi connectivity index (χ0v) is 18.4. The van der Waals surface area contributed by atoms with Gasteiger partial charge >= 0.3 is 0 Å². The lowest BCUT2D eigenvalue weighted by atomic mass is 9.95. The van der Waals surface area contributed by atoms with Gasteiger partial charge in [0.15, 0.2) is 0 Å². The molecule has 30 heavy (non-hydrogen) atoms. The number of nitrogens with one attached hydrogen (secondary N) is 1. The van der Waals surface area contributed by atoms with Crippen LogP contribution in [0.2, 0.25) is 5.02 Å². The highest BCUT2D eigenvalue weighted by Crippen LogP contribution is 2.24. The fourth-order valence-electron chi connectivity index (χ4n) is 4.59. The van der Waals surface area contributed by atoms with Crippen molar-refractivity contribution in [3.05, 3.63) is 52.3 Å². The monoisotopic (exact) mass is 428 g/mol. The van der Waals surface area contributed by atoms with E-state index in [-0.39, 0.29) is 17.7 Å². The maximum atomic E-state index is 13.2. The van der Waals surface area contributed by atoms with Crippen LogP contribution in [-0.2, 0) is 4.79 Å². The summed E-state index contributed by atoms with van der Waals surface area (Å²) < 4.78 is 0. The highest BCUT2D eigenvalue weighted by Gasteiger charge is 2.33. The summed E-state index contributed by atoms with van der Waals surface area (Å²) in [4.78, 5) is 35.4. The van der Waals surface area contributed by atoms with E-state index < -0.39 is 0 Å². The lowest BCUT2D eigenvalue weighted by Gasteiger charge is -2.39. The number of hydrogen-bond donors (Lipinski definition) is 1. The third kappa shape index (κ3) is 4.33. The zero-order chi connectivity index (χ0) is 21.3. The molecule has 6 nitrogen and oxygen atoms in total. The van der Waals surface area contributed by atoms with E-state index in [0.717, 1.165) is 47.9 Å². The van der Waals surface area contributed by atoms with Crippen molar-refractivity contribution in [1.82, 2.24) is 14.8 Å². The number of anilines is 1. The van der Waals surface area contributed by atoms with Gasteiger partial charge in [-0.25, -0.2) is 0 Å². The van der Waals surface area contributed by atoms with Crippen molar-refractivity contribution >= 4 is 29.1 Å². The van der Waals surface area contributed by atoms with Gasteiger partial charge in [-0.1, -0.05) is 17.7 Å². The number of amides is 2. The number of benzene rings is 1. The zero-order valence-electron chi connectivity index (χ0n) is 17.7. The number of rotatable bonds is 3. The molecule has 2 aliphatic heterocycles. The van der Waals surface area contributed by atoms with Crippen LogP contribution >= 0.6 is 11.6 Å². The number of hydrogen-bond acceptors (Lipinski definition) is 3. The Morgan fingerprint density at radius 1 is 1.03 bits per heavy atom. The number of aryl methyl sites for hydroxylation is 2. The van der Waals surface area contributed by atoms with Gasteiger partial charge in [-0.05, 0) is 56.5 Å². The van der Waals surface area contributed by atoms with Gasteiger partial charge in [0.2, 0.25) is 5.91 Å². The number of piperazine rings is 1. The molecule has 2 fully saturated rings. The summed E-state index contributed by atoms with van der Waals surface area (Å²) in [6.07, 6.45) is 1.71. The smallest absolute Gasteiger partial charge is 0.270 e. The number of piperidine rings is 1. The van der Waals surface area contributed by atoms with E-state index in [1.54, 1.807) is 0 Å². The molecule has 160 valence electrons. The van der Waals surface area contributed by atoms with Crippen molar-refractivity contribution in [2.45, 2.75) is 26.7 Å². The molecule has 1 aromatic carbocycles. The number of H-pyrrole nitrogens is 1. The molecule has 2 aromatic rings. The average molecular weight is 429 g/mol. The molecule has 0 bridgehead atoms. The third-order valence-corrected chi connectivity index (χ3v) is 6.42. The van der Waals surface area contributed by atoms with Gasteiger partial charge in [-0.15, -0.1) is 0 Å². The van der Waals surface area contributed by atoms with Crippen LogP contribution in [0.5, 0.6) is 0 Å². The van der Waals surface area contributed by atoms with Crippen LogP contribution in [-0.4, -0.2) is 65.9 Å². The molecule has 2 amide bonds. The molecule has 0 saturated carbocycles. The van der Waals surface area contributed by atoms with Gasteiger partial charge in [-0.3, -0.25) is 9.59 Å². The predicted molar refractivity (Wildman–Crippen MR) is 119 cm³/mol. The Labute approximate surface area is 182 Å². The van der Waals surface area contributed by atoms with Crippen molar-refractivity contribution in [2.75, 3.05) is 44.2 Å². The Morgan fingerprint density at radius 2 is 1.80 bits per heavy atom. The molecule has 1 atom stereocenters. The summed E-state index contributed by atoms with van der Waals surface area (Å²) in [6, 6.07) is 9.83. The van der Waals surface area contributed by atoms with Gasteiger partial charge in [-0.2, -0.15) is 0 Å². The quantitative estimate of drug-likeness (QED) is 0.814. The summed E-state index contributed by atoms with van der Waals surface area (Å²) in [6.45, 7) is 8.10. The van der Waals surface area contributed by atoms with Gasteiger partial charge in [0.1, 0.15) is 5.69 Å². The Balaban J connectivity index is 1.36. The first kappa shape index (κ1) is 20.8.